The maximum atomic E-state index is 13.1. The van der Waals surface area contributed by atoms with Gasteiger partial charge in [-0.05, 0) is 49.2 Å². The zero-order valence-corrected chi connectivity index (χ0v) is 22.6. The number of carbonyl (C=O) groups is 1. The van der Waals surface area contributed by atoms with E-state index in [4.69, 9.17) is 38.7 Å². The molecule has 39 heavy (non-hydrogen) atoms. The monoisotopic (exact) mass is 563 g/mol. The molecule has 0 fully saturated rings. The number of hydrogen-bond donors (Lipinski definition) is 5. The van der Waals surface area contributed by atoms with Crippen LogP contribution in [0.5, 0.6) is 5.75 Å². The summed E-state index contributed by atoms with van der Waals surface area (Å²) in [4.78, 5) is 21.0. The van der Waals surface area contributed by atoms with Crippen LogP contribution in [0.4, 0.5) is 10.6 Å². The summed E-state index contributed by atoms with van der Waals surface area (Å²) in [6.45, 7) is 2.64. The van der Waals surface area contributed by atoms with Crippen molar-refractivity contribution < 1.29 is 9.53 Å². The second-order valence-corrected chi connectivity index (χ2v) is 9.72. The number of urea groups is 1. The van der Waals surface area contributed by atoms with E-state index in [1.54, 1.807) is 18.2 Å². The molecule has 0 saturated heterocycles. The third kappa shape index (κ3) is 6.10. The first-order chi connectivity index (χ1) is 18.9. The van der Waals surface area contributed by atoms with E-state index in [0.29, 0.717) is 46.3 Å². The van der Waals surface area contributed by atoms with Gasteiger partial charge in [-0.2, -0.15) is 5.10 Å². The van der Waals surface area contributed by atoms with Crippen molar-refractivity contribution in [2.45, 2.75) is 25.9 Å². The molecule has 5 rings (SSSR count). The number of amides is 2. The summed E-state index contributed by atoms with van der Waals surface area (Å²) in [5, 5.41) is 14.6. The van der Waals surface area contributed by atoms with Crippen molar-refractivity contribution in [3.05, 3.63) is 93.9 Å². The fourth-order valence-corrected chi connectivity index (χ4v) is 4.79. The minimum absolute atomic E-state index is 0.233. The lowest BCUT2D eigenvalue weighted by atomic mass is 10.1. The summed E-state index contributed by atoms with van der Waals surface area (Å²) in [6, 6.07) is 19.9. The van der Waals surface area contributed by atoms with E-state index in [0.717, 1.165) is 27.6 Å². The number of aromatic nitrogens is 4. The Morgan fingerprint density at radius 3 is 2.72 bits per heavy atom. The molecule has 0 radical (unpaired) electrons. The topological polar surface area (TPSA) is 134 Å². The van der Waals surface area contributed by atoms with E-state index >= 15 is 0 Å². The zero-order valence-electron chi connectivity index (χ0n) is 21.1. The number of nitrogen functional groups attached to an aromatic ring is 1. The molecule has 2 heterocycles. The van der Waals surface area contributed by atoms with Crippen molar-refractivity contribution in [2.75, 3.05) is 12.3 Å². The molecule has 2 amide bonds. The van der Waals surface area contributed by atoms with Crippen LogP contribution in [0.15, 0.2) is 66.7 Å². The average Bonchev–Trinajstić information content (AvgIpc) is 3.51. The molecule has 0 bridgehead atoms. The summed E-state index contributed by atoms with van der Waals surface area (Å²) in [5.74, 6) is 1.62. The lowest BCUT2D eigenvalue weighted by molar-refractivity contribution is 0.236. The lowest BCUT2D eigenvalue weighted by Crippen LogP contribution is -2.38. The van der Waals surface area contributed by atoms with Crippen LogP contribution in [0.1, 0.15) is 29.9 Å². The van der Waals surface area contributed by atoms with Crippen molar-refractivity contribution in [1.82, 2.24) is 30.8 Å². The number of carbonyl (C=O) groups excluding carboxylic acids is 1. The highest BCUT2D eigenvalue weighted by Gasteiger charge is 2.22. The minimum atomic E-state index is -0.490. The van der Waals surface area contributed by atoms with Crippen LogP contribution in [-0.2, 0) is 13.0 Å². The first-order valence-corrected chi connectivity index (χ1v) is 13.2. The fourth-order valence-electron chi connectivity index (χ4n) is 4.35. The number of ether oxygens (including phenoxy) is 1. The van der Waals surface area contributed by atoms with Gasteiger partial charge in [0.2, 0.25) is 0 Å². The van der Waals surface area contributed by atoms with Crippen LogP contribution < -0.4 is 21.1 Å². The molecule has 6 N–H and O–H groups in total. The van der Waals surface area contributed by atoms with Gasteiger partial charge in [-0.1, -0.05) is 59.6 Å². The molecule has 1 atom stereocenters. The number of nitrogens with zero attached hydrogens (tertiary/aromatic N) is 2. The maximum Gasteiger partial charge on any atom is 0.315 e. The molecule has 1 unspecified atom stereocenters. The predicted octanol–water partition coefficient (Wildman–Crippen LogP) is 6.02. The maximum absolute atomic E-state index is 13.1. The minimum Gasteiger partial charge on any atom is -0.494 e. The van der Waals surface area contributed by atoms with Gasteiger partial charge in [0.15, 0.2) is 5.82 Å². The molecule has 0 aliphatic rings. The Hall–Kier alpha value is -4.21. The van der Waals surface area contributed by atoms with Crippen LogP contribution in [0.3, 0.4) is 0 Å². The summed E-state index contributed by atoms with van der Waals surface area (Å²) in [7, 11) is 0. The van der Waals surface area contributed by atoms with E-state index < -0.39 is 6.04 Å². The van der Waals surface area contributed by atoms with Crippen LogP contribution in [0.2, 0.25) is 10.2 Å². The molecule has 11 heteroatoms. The Morgan fingerprint density at radius 2 is 1.92 bits per heavy atom. The third-order valence-electron chi connectivity index (χ3n) is 6.22. The Bertz CT molecular complexity index is 1600. The molecule has 0 aliphatic heterocycles. The number of H-pyrrole nitrogens is 2. The highest BCUT2D eigenvalue weighted by Crippen LogP contribution is 2.31. The summed E-state index contributed by atoms with van der Waals surface area (Å²) < 4.78 is 5.67. The van der Waals surface area contributed by atoms with Gasteiger partial charge in [-0.3, -0.25) is 5.10 Å². The van der Waals surface area contributed by atoms with Crippen molar-refractivity contribution in [3.8, 4) is 17.0 Å². The number of anilines is 1. The van der Waals surface area contributed by atoms with E-state index in [9.17, 15) is 4.79 Å². The van der Waals surface area contributed by atoms with E-state index in [1.807, 2.05) is 55.5 Å². The lowest BCUT2D eigenvalue weighted by Gasteiger charge is -2.18. The molecule has 9 nitrogen and oxygen atoms in total. The van der Waals surface area contributed by atoms with Crippen LogP contribution in [0.25, 0.3) is 22.2 Å². The highest BCUT2D eigenvalue weighted by atomic mass is 35.5. The number of rotatable bonds is 9. The van der Waals surface area contributed by atoms with Gasteiger partial charge < -0.3 is 26.1 Å². The first kappa shape index (κ1) is 26.4. The summed E-state index contributed by atoms with van der Waals surface area (Å²) >= 11 is 12.8. The number of nitrogens with one attached hydrogen (secondary N) is 4. The van der Waals surface area contributed by atoms with E-state index in [2.05, 4.69) is 25.8 Å². The second kappa shape index (κ2) is 11.7. The molecule has 5 aromatic rings. The van der Waals surface area contributed by atoms with Gasteiger partial charge in [-0.25, -0.2) is 9.78 Å². The molecule has 2 aromatic heterocycles. The Labute approximate surface area is 235 Å². The molecule has 0 aliphatic carbocycles. The molecule has 3 aromatic carbocycles. The van der Waals surface area contributed by atoms with Crippen molar-refractivity contribution >= 4 is 46.0 Å². The number of nitrogens with two attached hydrogens (primary N) is 1. The number of fused-ring (bicyclic) bond motifs is 1. The van der Waals surface area contributed by atoms with Gasteiger partial charge in [0.1, 0.15) is 22.4 Å². The predicted molar refractivity (Wildman–Crippen MR) is 154 cm³/mol. The van der Waals surface area contributed by atoms with Crippen molar-refractivity contribution in [1.29, 1.82) is 0 Å². The normalized spacial score (nSPS) is 11.9. The van der Waals surface area contributed by atoms with Crippen LogP contribution >= 0.6 is 23.2 Å². The SMILES string of the molecule is CCOc1ccc(Cl)cc1CNC(=O)NC(Cc1ccccc1)c1nc(-c2ccc3c(N)n[nH]c3c2)c(Cl)[nH]1. The number of halogens is 2. The van der Waals surface area contributed by atoms with E-state index in [-0.39, 0.29) is 12.6 Å². The average molecular weight is 564 g/mol. The van der Waals surface area contributed by atoms with Crippen LogP contribution in [-0.4, -0.2) is 32.8 Å². The largest absolute Gasteiger partial charge is 0.494 e. The quantitative estimate of drug-likeness (QED) is 0.149. The third-order valence-corrected chi connectivity index (χ3v) is 6.73. The molecular formula is C28H27Cl2N7O2. The first-order valence-electron chi connectivity index (χ1n) is 12.4. The van der Waals surface area contributed by atoms with Gasteiger partial charge in [0, 0.05) is 28.1 Å². The Morgan fingerprint density at radius 1 is 1.10 bits per heavy atom. The molecular weight excluding hydrogens is 537 g/mol. The number of aromatic amines is 2. The van der Waals surface area contributed by atoms with E-state index in [1.165, 1.54) is 0 Å². The Balaban J connectivity index is 1.38. The highest BCUT2D eigenvalue weighted by molar-refractivity contribution is 6.32. The number of imidazole rings is 1. The molecule has 200 valence electrons. The summed E-state index contributed by atoms with van der Waals surface area (Å²) in [5.41, 5.74) is 9.82. The van der Waals surface area contributed by atoms with Gasteiger partial charge in [-0.15, -0.1) is 0 Å². The zero-order chi connectivity index (χ0) is 27.4. The fraction of sp³-hybridized carbons (Fsp3) is 0.179. The summed E-state index contributed by atoms with van der Waals surface area (Å²) in [6.07, 6.45) is 0.495. The van der Waals surface area contributed by atoms with Gasteiger partial charge in [0.25, 0.3) is 0 Å². The van der Waals surface area contributed by atoms with Crippen molar-refractivity contribution in [3.63, 3.8) is 0 Å². The standard InChI is InChI=1S/C28H27Cl2N7O2/c1-2-39-23-11-9-19(29)13-18(23)15-32-28(38)33-22(12-16-6-4-3-5-7-16)27-34-24(25(30)35-27)17-8-10-20-21(14-17)36-37-26(20)31/h3-11,13-14,22H,2,12,15H2,1H3,(H,34,35)(H3,31,36,37)(H2,32,33,38). The number of hydrogen-bond acceptors (Lipinski definition) is 5. The second-order valence-electron chi connectivity index (χ2n) is 8.91. The molecule has 0 spiro atoms. The van der Waals surface area contributed by atoms with Gasteiger partial charge in [0.05, 0.1) is 18.2 Å². The van der Waals surface area contributed by atoms with Crippen LogP contribution in [0, 0.1) is 0 Å². The Kier molecular flexibility index (Phi) is 7.90. The number of benzene rings is 3. The van der Waals surface area contributed by atoms with Gasteiger partial charge >= 0.3 is 6.03 Å². The molecule has 0 saturated carbocycles. The van der Waals surface area contributed by atoms with Crippen molar-refractivity contribution in [2.24, 2.45) is 0 Å². The smallest absolute Gasteiger partial charge is 0.315 e.